The van der Waals surface area contributed by atoms with E-state index in [2.05, 4.69) is 15.5 Å². The van der Waals surface area contributed by atoms with Crippen molar-refractivity contribution in [3.8, 4) is 10.7 Å². The van der Waals surface area contributed by atoms with E-state index in [1.54, 1.807) is 0 Å². The van der Waals surface area contributed by atoms with Crippen LogP contribution in [-0.2, 0) is 4.79 Å². The van der Waals surface area contributed by atoms with Gasteiger partial charge in [-0.1, -0.05) is 41.6 Å². The summed E-state index contributed by atoms with van der Waals surface area (Å²) in [7, 11) is 0. The molecule has 24 heavy (non-hydrogen) atoms. The van der Waals surface area contributed by atoms with Crippen molar-refractivity contribution < 1.29 is 4.79 Å². The molecule has 0 aliphatic heterocycles. The number of amides is 1. The summed E-state index contributed by atoms with van der Waals surface area (Å²) in [5.41, 5.74) is 0. The van der Waals surface area contributed by atoms with Gasteiger partial charge in [0.15, 0.2) is 5.82 Å². The van der Waals surface area contributed by atoms with Crippen molar-refractivity contribution >= 4 is 50.7 Å². The van der Waals surface area contributed by atoms with Crippen molar-refractivity contribution in [1.29, 1.82) is 0 Å². The van der Waals surface area contributed by atoms with Gasteiger partial charge in [-0.05, 0) is 19.9 Å². The van der Waals surface area contributed by atoms with Crippen LogP contribution in [0, 0.1) is 0 Å². The lowest BCUT2D eigenvalue weighted by atomic mass is 10.2. The molecule has 2 heterocycles. The number of fused-ring (bicyclic) bond motifs is 1. The maximum Gasteiger partial charge on any atom is 0.230 e. The third-order valence-electron chi connectivity index (χ3n) is 3.18. The number of thiophene rings is 1. The van der Waals surface area contributed by atoms with Gasteiger partial charge in [-0.15, -0.1) is 21.5 Å². The summed E-state index contributed by atoms with van der Waals surface area (Å²) in [6.45, 7) is 3.82. The van der Waals surface area contributed by atoms with Gasteiger partial charge < -0.3 is 11.2 Å². The number of aromatic nitrogens is 3. The first-order valence-corrected chi connectivity index (χ1v) is 9.45. The average Bonchev–Trinajstić information content (AvgIpc) is 3.06. The summed E-state index contributed by atoms with van der Waals surface area (Å²) in [4.78, 5) is 12.5. The molecule has 0 bridgehead atoms. The van der Waals surface area contributed by atoms with E-state index >= 15 is 0 Å². The Balaban J connectivity index is 1.84. The van der Waals surface area contributed by atoms with E-state index in [9.17, 15) is 4.79 Å². The lowest BCUT2D eigenvalue weighted by Gasteiger charge is -2.07. The molecule has 0 saturated carbocycles. The monoisotopic (exact) mass is 381 g/mol. The number of benzene rings is 1. The average molecular weight is 382 g/mol. The number of nitrogens with zero attached hydrogens (tertiary/aromatic N) is 3. The maximum atomic E-state index is 11.7. The highest BCUT2D eigenvalue weighted by Gasteiger charge is 2.19. The van der Waals surface area contributed by atoms with E-state index in [-0.39, 0.29) is 17.7 Å². The van der Waals surface area contributed by atoms with Gasteiger partial charge in [0.1, 0.15) is 0 Å². The summed E-state index contributed by atoms with van der Waals surface area (Å²) < 4.78 is 2.44. The Morgan fingerprint density at radius 1 is 1.42 bits per heavy atom. The van der Waals surface area contributed by atoms with Crippen molar-refractivity contribution in [3.05, 3.63) is 29.3 Å². The van der Waals surface area contributed by atoms with E-state index < -0.39 is 0 Å². The lowest BCUT2D eigenvalue weighted by Crippen LogP contribution is -2.31. The predicted octanol–water partition coefficient (Wildman–Crippen LogP) is 3.14. The minimum atomic E-state index is -0.0700. The molecule has 6 nitrogen and oxygen atoms in total. The van der Waals surface area contributed by atoms with Crippen LogP contribution >= 0.6 is 34.7 Å². The fraction of sp³-hybridized carbons (Fsp3) is 0.267. The molecule has 0 unspecified atom stereocenters. The van der Waals surface area contributed by atoms with E-state index in [0.29, 0.717) is 16.0 Å². The molecule has 0 radical (unpaired) electrons. The van der Waals surface area contributed by atoms with Crippen molar-refractivity contribution in [1.82, 2.24) is 20.2 Å². The van der Waals surface area contributed by atoms with Crippen LogP contribution in [0.4, 0.5) is 0 Å². The predicted molar refractivity (Wildman–Crippen MR) is 100 cm³/mol. The number of thioether (sulfide) groups is 1. The smallest absolute Gasteiger partial charge is 0.230 e. The van der Waals surface area contributed by atoms with E-state index in [1.165, 1.54) is 27.8 Å². The van der Waals surface area contributed by atoms with Crippen LogP contribution in [-0.4, -0.2) is 32.6 Å². The summed E-state index contributed by atoms with van der Waals surface area (Å²) >= 11 is 9.21. The van der Waals surface area contributed by atoms with Crippen LogP contribution in [0.15, 0.2) is 29.4 Å². The van der Waals surface area contributed by atoms with Gasteiger partial charge in [-0.2, -0.15) is 0 Å². The molecule has 1 amide bonds. The molecule has 0 spiro atoms. The molecule has 3 N–H and O–H groups in total. The second kappa shape index (κ2) is 7.00. The van der Waals surface area contributed by atoms with E-state index in [0.717, 1.165) is 15.0 Å². The maximum absolute atomic E-state index is 11.7. The van der Waals surface area contributed by atoms with Gasteiger partial charge in [-0.3, -0.25) is 4.79 Å². The number of nitrogens with one attached hydrogen (secondary N) is 1. The highest BCUT2D eigenvalue weighted by atomic mass is 35.5. The Hall–Kier alpha value is -1.77. The summed E-state index contributed by atoms with van der Waals surface area (Å²) in [6, 6.07) is 7.95. The van der Waals surface area contributed by atoms with Gasteiger partial charge in [0, 0.05) is 16.1 Å². The zero-order valence-corrected chi connectivity index (χ0v) is 15.5. The molecule has 0 aliphatic carbocycles. The molecule has 126 valence electrons. The van der Waals surface area contributed by atoms with Crippen molar-refractivity contribution in [2.24, 2.45) is 0 Å². The molecule has 0 fully saturated rings. The Kier molecular flexibility index (Phi) is 4.98. The third kappa shape index (κ3) is 3.35. The molecule has 2 aromatic heterocycles. The largest absolute Gasteiger partial charge is 0.353 e. The molecule has 9 heteroatoms. The van der Waals surface area contributed by atoms with Crippen LogP contribution < -0.4 is 11.2 Å². The lowest BCUT2D eigenvalue weighted by molar-refractivity contribution is -0.119. The quantitative estimate of drug-likeness (QED) is 0.523. The van der Waals surface area contributed by atoms with E-state index in [4.69, 9.17) is 17.4 Å². The van der Waals surface area contributed by atoms with Crippen molar-refractivity contribution in [2.45, 2.75) is 25.0 Å². The Bertz CT molecular complexity index is 889. The first-order valence-electron chi connectivity index (χ1n) is 7.27. The Morgan fingerprint density at radius 3 is 2.88 bits per heavy atom. The minimum Gasteiger partial charge on any atom is -0.353 e. The van der Waals surface area contributed by atoms with Gasteiger partial charge in [0.2, 0.25) is 11.1 Å². The molecule has 1 aromatic carbocycles. The minimum absolute atomic E-state index is 0.0700. The fourth-order valence-electron chi connectivity index (χ4n) is 2.18. The molecule has 0 saturated heterocycles. The molecule has 0 atom stereocenters. The first kappa shape index (κ1) is 17.1. The number of nitrogens with two attached hydrogens (primary N) is 1. The number of nitrogen functional groups attached to an aromatic ring is 1. The highest BCUT2D eigenvalue weighted by Crippen LogP contribution is 2.41. The fourth-order valence-corrected chi connectivity index (χ4v) is 4.35. The van der Waals surface area contributed by atoms with Gasteiger partial charge in [-0.25, -0.2) is 4.68 Å². The standard InChI is InChI=1S/C15H16ClN5OS2/c1-8(2)18-11(22)7-23-15-20-19-14(21(15)17)13-12(16)9-5-3-4-6-10(9)24-13/h3-6,8H,7,17H2,1-2H3,(H,18,22). The molecular weight excluding hydrogens is 366 g/mol. The molecule has 3 rings (SSSR count). The molecule has 0 aliphatic rings. The number of halogens is 1. The Morgan fingerprint density at radius 2 is 2.17 bits per heavy atom. The number of hydrogen-bond donors (Lipinski definition) is 2. The third-order valence-corrected chi connectivity index (χ3v) is 5.80. The molecule has 3 aromatic rings. The van der Waals surface area contributed by atoms with Crippen molar-refractivity contribution in [3.63, 3.8) is 0 Å². The zero-order valence-electron chi connectivity index (χ0n) is 13.1. The summed E-state index contributed by atoms with van der Waals surface area (Å²) in [6.07, 6.45) is 0. The Labute approximate surface area is 152 Å². The normalized spacial score (nSPS) is 11.3. The van der Waals surface area contributed by atoms with Crippen molar-refractivity contribution in [2.75, 3.05) is 11.6 Å². The number of hydrogen-bond acceptors (Lipinski definition) is 6. The number of rotatable bonds is 5. The van der Waals surface area contributed by atoms with Gasteiger partial charge in [0.25, 0.3) is 0 Å². The van der Waals surface area contributed by atoms with E-state index in [1.807, 2.05) is 38.1 Å². The van der Waals surface area contributed by atoms with Crippen LogP contribution in [0.5, 0.6) is 0 Å². The summed E-state index contributed by atoms with van der Waals surface area (Å²) in [5, 5.41) is 13.1. The first-order chi connectivity index (χ1) is 11.5. The van der Waals surface area contributed by atoms with Crippen LogP contribution in [0.25, 0.3) is 20.8 Å². The SMILES string of the molecule is CC(C)NC(=O)CSc1nnc(-c2sc3ccccc3c2Cl)n1N. The number of carbonyl (C=O) groups is 1. The van der Waals surface area contributed by atoms with Gasteiger partial charge >= 0.3 is 0 Å². The van der Waals surface area contributed by atoms with Gasteiger partial charge in [0.05, 0.1) is 15.7 Å². The van der Waals surface area contributed by atoms with Crippen LogP contribution in [0.2, 0.25) is 5.02 Å². The molecular formula is C15H16ClN5OS2. The topological polar surface area (TPSA) is 85.8 Å². The second-order valence-corrected chi connectivity index (χ2v) is 7.80. The second-order valence-electron chi connectivity index (χ2n) is 5.43. The highest BCUT2D eigenvalue weighted by molar-refractivity contribution is 7.99. The zero-order chi connectivity index (χ0) is 17.3. The number of carbonyl (C=O) groups excluding carboxylic acids is 1. The van der Waals surface area contributed by atoms with Crippen LogP contribution in [0.3, 0.4) is 0 Å². The van der Waals surface area contributed by atoms with Crippen LogP contribution in [0.1, 0.15) is 13.8 Å². The summed E-state index contributed by atoms with van der Waals surface area (Å²) in [5.74, 6) is 6.75.